The molecule has 2 aromatic carbocycles. The Morgan fingerprint density at radius 1 is 1.17 bits per heavy atom. The van der Waals surface area contributed by atoms with Crippen molar-refractivity contribution < 1.29 is 23.4 Å². The van der Waals surface area contributed by atoms with Gasteiger partial charge in [0, 0.05) is 6.07 Å². The van der Waals surface area contributed by atoms with Crippen LogP contribution in [0, 0.1) is 5.92 Å². The summed E-state index contributed by atoms with van der Waals surface area (Å²) in [6.45, 7) is 0. The third kappa shape index (κ3) is 3.68. The summed E-state index contributed by atoms with van der Waals surface area (Å²) in [5, 5.41) is 0.754. The average Bonchev–Trinajstić information content (AvgIpc) is 2.71. The number of ether oxygens (including phenoxy) is 3. The van der Waals surface area contributed by atoms with Gasteiger partial charge in [-0.05, 0) is 53.0 Å². The molecule has 30 heavy (non-hydrogen) atoms. The Morgan fingerprint density at radius 3 is 2.63 bits per heavy atom. The molecule has 1 aromatic heterocycles. The number of fused-ring (bicyclic) bond motifs is 1. The standard InChI is InChI=1S/C22H18BrClO6/c1-27-20-14(18-10-17(25)13-4-3-5-16(24)19(13)30-18)6-7-15(23)21(20)29-12-8-11(9-12)22(26)28-2/h3-7,10-12H,8-9H2,1-2H3. The molecule has 0 aliphatic heterocycles. The number of carbonyl (C=O) groups is 1. The minimum Gasteiger partial charge on any atom is -0.492 e. The predicted octanol–water partition coefficient (Wildman–Crippen LogP) is 5.21. The highest BCUT2D eigenvalue weighted by atomic mass is 79.9. The molecule has 0 atom stereocenters. The summed E-state index contributed by atoms with van der Waals surface area (Å²) in [5.41, 5.74) is 0.661. The highest BCUT2D eigenvalue weighted by Gasteiger charge is 2.38. The number of esters is 1. The molecule has 1 aliphatic rings. The summed E-state index contributed by atoms with van der Waals surface area (Å²) in [4.78, 5) is 24.2. The Labute approximate surface area is 185 Å². The highest BCUT2D eigenvalue weighted by Crippen LogP contribution is 2.45. The van der Waals surface area contributed by atoms with E-state index in [4.69, 9.17) is 30.2 Å². The Balaban J connectivity index is 1.73. The molecule has 0 spiro atoms. The van der Waals surface area contributed by atoms with Crippen molar-refractivity contribution >= 4 is 44.5 Å². The molecule has 6 nitrogen and oxygen atoms in total. The molecular weight excluding hydrogens is 476 g/mol. The van der Waals surface area contributed by atoms with Gasteiger partial charge in [0.1, 0.15) is 11.9 Å². The van der Waals surface area contributed by atoms with Crippen molar-refractivity contribution in [3.63, 3.8) is 0 Å². The maximum Gasteiger partial charge on any atom is 0.308 e. The molecule has 0 unspecified atom stereocenters. The number of halogens is 2. The SMILES string of the molecule is COC(=O)C1CC(Oc2c(Br)ccc(-c3cc(=O)c4cccc(Cl)c4o3)c2OC)C1. The van der Waals surface area contributed by atoms with Gasteiger partial charge in [-0.25, -0.2) is 0 Å². The summed E-state index contributed by atoms with van der Waals surface area (Å²) < 4.78 is 23.1. The zero-order valence-electron chi connectivity index (χ0n) is 16.2. The molecule has 3 aromatic rings. The van der Waals surface area contributed by atoms with Crippen molar-refractivity contribution in [1.29, 1.82) is 0 Å². The van der Waals surface area contributed by atoms with E-state index in [2.05, 4.69) is 15.9 Å². The van der Waals surface area contributed by atoms with E-state index in [1.807, 2.05) is 0 Å². The summed E-state index contributed by atoms with van der Waals surface area (Å²) in [6, 6.07) is 10.0. The number of benzene rings is 2. The lowest BCUT2D eigenvalue weighted by Crippen LogP contribution is -2.38. The van der Waals surface area contributed by atoms with E-state index in [1.54, 1.807) is 30.3 Å². The van der Waals surface area contributed by atoms with Crippen molar-refractivity contribution in [3.05, 3.63) is 56.1 Å². The fourth-order valence-corrected chi connectivity index (χ4v) is 4.13. The number of hydrogen-bond donors (Lipinski definition) is 0. The minimum atomic E-state index is -0.232. The summed E-state index contributed by atoms with van der Waals surface area (Å²) in [6.07, 6.45) is 0.980. The minimum absolute atomic E-state index is 0.146. The van der Waals surface area contributed by atoms with Crippen molar-refractivity contribution in [2.45, 2.75) is 18.9 Å². The second-order valence-corrected chi connectivity index (χ2v) is 8.24. The number of rotatable bonds is 5. The molecule has 1 heterocycles. The van der Waals surface area contributed by atoms with Crippen LogP contribution in [0.3, 0.4) is 0 Å². The monoisotopic (exact) mass is 492 g/mol. The molecule has 4 rings (SSSR count). The van der Waals surface area contributed by atoms with Gasteiger partial charge in [-0.2, -0.15) is 0 Å². The van der Waals surface area contributed by atoms with Crippen molar-refractivity contribution in [2.24, 2.45) is 5.92 Å². The van der Waals surface area contributed by atoms with Crippen LogP contribution in [-0.4, -0.2) is 26.3 Å². The van der Waals surface area contributed by atoms with Crippen LogP contribution < -0.4 is 14.9 Å². The van der Waals surface area contributed by atoms with E-state index < -0.39 is 0 Å². The first-order valence-electron chi connectivity index (χ1n) is 9.26. The molecule has 0 amide bonds. The Kier molecular flexibility index (Phi) is 5.75. The lowest BCUT2D eigenvalue weighted by molar-refractivity contribution is -0.151. The van der Waals surface area contributed by atoms with E-state index in [1.165, 1.54) is 20.3 Å². The molecule has 1 saturated carbocycles. The molecule has 0 bridgehead atoms. The summed E-state index contributed by atoms with van der Waals surface area (Å²) in [7, 11) is 2.89. The highest BCUT2D eigenvalue weighted by molar-refractivity contribution is 9.10. The van der Waals surface area contributed by atoms with E-state index in [9.17, 15) is 9.59 Å². The van der Waals surface area contributed by atoms with Crippen LogP contribution in [0.15, 0.2) is 50.1 Å². The molecule has 8 heteroatoms. The first-order valence-corrected chi connectivity index (χ1v) is 10.4. The summed E-state index contributed by atoms with van der Waals surface area (Å²) in [5.74, 6) is 0.819. The second kappa shape index (κ2) is 8.32. The lowest BCUT2D eigenvalue weighted by Gasteiger charge is -2.34. The van der Waals surface area contributed by atoms with Crippen LogP contribution in [0.1, 0.15) is 12.8 Å². The first-order chi connectivity index (χ1) is 14.4. The maximum absolute atomic E-state index is 12.6. The van der Waals surface area contributed by atoms with E-state index in [0.717, 1.165) is 0 Å². The average molecular weight is 494 g/mol. The van der Waals surface area contributed by atoms with E-state index in [-0.39, 0.29) is 23.4 Å². The van der Waals surface area contributed by atoms with Gasteiger partial charge in [0.15, 0.2) is 22.5 Å². The molecule has 0 N–H and O–H groups in total. The van der Waals surface area contributed by atoms with Gasteiger partial charge in [0.25, 0.3) is 0 Å². The molecular formula is C22H18BrClO6. The van der Waals surface area contributed by atoms with Crippen molar-refractivity contribution in [3.8, 4) is 22.8 Å². The third-order valence-corrected chi connectivity index (χ3v) is 6.08. The van der Waals surface area contributed by atoms with Crippen molar-refractivity contribution in [2.75, 3.05) is 14.2 Å². The van der Waals surface area contributed by atoms with Gasteiger partial charge in [0.05, 0.1) is 40.6 Å². The van der Waals surface area contributed by atoms with Gasteiger partial charge < -0.3 is 18.6 Å². The van der Waals surface area contributed by atoms with E-state index in [0.29, 0.717) is 56.1 Å². The molecule has 1 aliphatic carbocycles. The van der Waals surface area contributed by atoms with Crippen LogP contribution in [0.25, 0.3) is 22.3 Å². The quantitative estimate of drug-likeness (QED) is 0.454. The number of methoxy groups -OCH3 is 2. The molecule has 0 radical (unpaired) electrons. The number of hydrogen-bond acceptors (Lipinski definition) is 6. The van der Waals surface area contributed by atoms with E-state index >= 15 is 0 Å². The molecule has 156 valence electrons. The Bertz CT molecular complexity index is 1180. The van der Waals surface area contributed by atoms with Gasteiger partial charge in [0.2, 0.25) is 0 Å². The van der Waals surface area contributed by atoms with Crippen LogP contribution in [0.2, 0.25) is 5.02 Å². The zero-order valence-corrected chi connectivity index (χ0v) is 18.6. The number of carbonyl (C=O) groups excluding carboxylic acids is 1. The van der Waals surface area contributed by atoms with Gasteiger partial charge >= 0.3 is 5.97 Å². The lowest BCUT2D eigenvalue weighted by atomic mass is 9.82. The normalized spacial score (nSPS) is 18.0. The Morgan fingerprint density at radius 2 is 1.93 bits per heavy atom. The predicted molar refractivity (Wildman–Crippen MR) is 116 cm³/mol. The van der Waals surface area contributed by atoms with Crippen molar-refractivity contribution in [1.82, 2.24) is 0 Å². The van der Waals surface area contributed by atoms with Crippen LogP contribution in [-0.2, 0) is 9.53 Å². The smallest absolute Gasteiger partial charge is 0.308 e. The molecule has 1 fully saturated rings. The first kappa shape index (κ1) is 20.8. The van der Waals surface area contributed by atoms with Crippen LogP contribution in [0.4, 0.5) is 0 Å². The topological polar surface area (TPSA) is 75.0 Å². The third-order valence-electron chi connectivity index (χ3n) is 5.15. The fourth-order valence-electron chi connectivity index (χ4n) is 3.51. The Hall–Kier alpha value is -2.51. The van der Waals surface area contributed by atoms with Crippen LogP contribution in [0.5, 0.6) is 11.5 Å². The van der Waals surface area contributed by atoms with Crippen LogP contribution >= 0.6 is 27.5 Å². The van der Waals surface area contributed by atoms with Gasteiger partial charge in [-0.15, -0.1) is 0 Å². The maximum atomic E-state index is 12.6. The van der Waals surface area contributed by atoms with Gasteiger partial charge in [-0.3, -0.25) is 9.59 Å². The number of para-hydroxylation sites is 1. The fraction of sp³-hybridized carbons (Fsp3) is 0.273. The summed E-state index contributed by atoms with van der Waals surface area (Å²) >= 11 is 9.72. The van der Waals surface area contributed by atoms with Gasteiger partial charge in [-0.1, -0.05) is 17.7 Å². The largest absolute Gasteiger partial charge is 0.492 e. The zero-order chi connectivity index (χ0) is 21.4. The second-order valence-electron chi connectivity index (χ2n) is 6.98. The molecule has 0 saturated heterocycles.